The van der Waals surface area contributed by atoms with Crippen molar-refractivity contribution in [2.75, 3.05) is 11.9 Å². The number of nitrogens with two attached hydrogens (primary N) is 1. The van der Waals surface area contributed by atoms with Gasteiger partial charge in [-0.15, -0.1) is 11.3 Å². The number of anilines is 1. The van der Waals surface area contributed by atoms with Crippen LogP contribution < -0.4 is 16.4 Å². The molecule has 2 rings (SSSR count). The molecule has 1 aromatic rings. The number of carboxylic acid groups (broad SMARTS) is 1. The van der Waals surface area contributed by atoms with Crippen molar-refractivity contribution in [1.82, 2.24) is 10.3 Å². The third-order valence-electron chi connectivity index (χ3n) is 2.45. The molecule has 0 aliphatic heterocycles. The molecule has 0 radical (unpaired) electrons. The van der Waals surface area contributed by atoms with Gasteiger partial charge in [0, 0.05) is 11.4 Å². The number of carbonyl (C=O) groups is 2. The van der Waals surface area contributed by atoms with Gasteiger partial charge in [0.25, 0.3) is 0 Å². The summed E-state index contributed by atoms with van der Waals surface area (Å²) in [6.45, 7) is 0.131. The zero-order valence-corrected chi connectivity index (χ0v) is 10.4. The summed E-state index contributed by atoms with van der Waals surface area (Å²) in [5.41, 5.74) is 5.71. The summed E-state index contributed by atoms with van der Waals surface area (Å²) in [5, 5.41) is 16.5. The molecule has 0 bridgehead atoms. The number of aromatic nitrogens is 1. The normalized spacial score (nSPS) is 16.1. The van der Waals surface area contributed by atoms with Crippen LogP contribution in [0.2, 0.25) is 0 Å². The molecule has 1 unspecified atom stereocenters. The van der Waals surface area contributed by atoms with Gasteiger partial charge in [0.15, 0.2) is 5.13 Å². The molecule has 1 aromatic heterocycles. The van der Waals surface area contributed by atoms with Crippen molar-refractivity contribution < 1.29 is 14.7 Å². The minimum absolute atomic E-state index is 0.0863. The summed E-state index contributed by atoms with van der Waals surface area (Å²) in [5.74, 6) is -1.21. The van der Waals surface area contributed by atoms with Gasteiger partial charge in [-0.2, -0.15) is 0 Å². The molecule has 7 nitrogen and oxygen atoms in total. The van der Waals surface area contributed by atoms with E-state index in [0.717, 1.165) is 12.8 Å². The fourth-order valence-electron chi connectivity index (χ4n) is 1.30. The predicted molar refractivity (Wildman–Crippen MR) is 66.3 cm³/mol. The van der Waals surface area contributed by atoms with E-state index in [0.29, 0.717) is 11.2 Å². The summed E-state index contributed by atoms with van der Waals surface area (Å²) in [7, 11) is 0. The van der Waals surface area contributed by atoms with Gasteiger partial charge in [-0.05, 0) is 12.8 Å². The van der Waals surface area contributed by atoms with Crippen LogP contribution in [0.15, 0.2) is 5.38 Å². The van der Waals surface area contributed by atoms with E-state index in [1.54, 1.807) is 5.38 Å². The van der Waals surface area contributed by atoms with E-state index in [1.807, 2.05) is 0 Å². The smallest absolute Gasteiger partial charge is 0.326 e. The van der Waals surface area contributed by atoms with Gasteiger partial charge in [0.05, 0.1) is 12.2 Å². The highest BCUT2D eigenvalue weighted by molar-refractivity contribution is 7.13. The maximum absolute atomic E-state index is 11.4. The van der Waals surface area contributed by atoms with Gasteiger partial charge in [0.2, 0.25) is 5.91 Å². The molecule has 98 valence electrons. The highest BCUT2D eigenvalue weighted by atomic mass is 32.1. The number of carboxylic acids is 1. The molecule has 1 aliphatic carbocycles. The standard InChI is InChI=1S/C10H14N4O3S/c11-8(9(16)17)6-4-18-10(14-6)12-3-7(15)13-5-1-2-5/h4-5,8H,1-3,11H2,(H,12,14)(H,13,15)(H,16,17). The second-order valence-corrected chi connectivity index (χ2v) is 4.95. The van der Waals surface area contributed by atoms with E-state index in [1.165, 1.54) is 11.3 Å². The fraction of sp³-hybridized carbons (Fsp3) is 0.500. The number of rotatable bonds is 6. The molecule has 5 N–H and O–H groups in total. The lowest BCUT2D eigenvalue weighted by atomic mass is 10.2. The molecule has 1 saturated carbocycles. The molecule has 1 amide bonds. The van der Waals surface area contributed by atoms with Crippen LogP contribution in [-0.4, -0.2) is 34.6 Å². The monoisotopic (exact) mass is 270 g/mol. The average molecular weight is 270 g/mol. The lowest BCUT2D eigenvalue weighted by Gasteiger charge is -2.04. The summed E-state index contributed by atoms with van der Waals surface area (Å²) < 4.78 is 0. The summed E-state index contributed by atoms with van der Waals surface area (Å²) in [4.78, 5) is 26.1. The van der Waals surface area contributed by atoms with Crippen LogP contribution in [0, 0.1) is 0 Å². The van der Waals surface area contributed by atoms with E-state index < -0.39 is 12.0 Å². The topological polar surface area (TPSA) is 117 Å². The van der Waals surface area contributed by atoms with Gasteiger partial charge in [-0.3, -0.25) is 9.59 Å². The van der Waals surface area contributed by atoms with Gasteiger partial charge in [0.1, 0.15) is 6.04 Å². The predicted octanol–water partition coefficient (Wildman–Crippen LogP) is -0.0820. The van der Waals surface area contributed by atoms with Crippen LogP contribution in [0.3, 0.4) is 0 Å². The summed E-state index contributed by atoms with van der Waals surface area (Å²) >= 11 is 1.23. The number of carbonyl (C=O) groups excluding carboxylic acids is 1. The van der Waals surface area contributed by atoms with Crippen molar-refractivity contribution in [2.45, 2.75) is 24.9 Å². The highest BCUT2D eigenvalue weighted by Crippen LogP contribution is 2.20. The first kappa shape index (κ1) is 12.8. The number of hydrogen-bond acceptors (Lipinski definition) is 6. The minimum atomic E-state index is -1.13. The maximum atomic E-state index is 11.4. The van der Waals surface area contributed by atoms with Crippen LogP contribution in [0.5, 0.6) is 0 Å². The molecule has 0 spiro atoms. The number of nitrogens with one attached hydrogen (secondary N) is 2. The van der Waals surface area contributed by atoms with Crippen molar-refractivity contribution in [3.63, 3.8) is 0 Å². The van der Waals surface area contributed by atoms with E-state index in [4.69, 9.17) is 10.8 Å². The number of hydrogen-bond donors (Lipinski definition) is 4. The lowest BCUT2D eigenvalue weighted by molar-refractivity contribution is -0.138. The Kier molecular flexibility index (Phi) is 3.78. The van der Waals surface area contributed by atoms with Crippen molar-refractivity contribution in [1.29, 1.82) is 0 Å². The Balaban J connectivity index is 1.82. The highest BCUT2D eigenvalue weighted by Gasteiger charge is 2.23. The number of thiazole rings is 1. The van der Waals surface area contributed by atoms with Crippen LogP contribution in [-0.2, 0) is 9.59 Å². The molecule has 1 fully saturated rings. The van der Waals surface area contributed by atoms with Gasteiger partial charge in [-0.25, -0.2) is 4.98 Å². The number of nitrogens with zero attached hydrogens (tertiary/aromatic N) is 1. The van der Waals surface area contributed by atoms with Gasteiger partial charge in [-0.1, -0.05) is 0 Å². The Labute approximate surface area is 107 Å². The van der Waals surface area contributed by atoms with Crippen LogP contribution in [0.4, 0.5) is 5.13 Å². The quantitative estimate of drug-likeness (QED) is 0.574. The first-order valence-corrected chi connectivity index (χ1v) is 6.41. The number of aliphatic carboxylic acids is 1. The Hall–Kier alpha value is -1.67. The molecule has 0 saturated heterocycles. The molecule has 1 aliphatic rings. The molecule has 1 atom stereocenters. The minimum Gasteiger partial charge on any atom is -0.480 e. The van der Waals surface area contributed by atoms with Crippen LogP contribution in [0.25, 0.3) is 0 Å². The Bertz CT molecular complexity index is 458. The Morgan fingerprint density at radius 1 is 1.61 bits per heavy atom. The second kappa shape index (κ2) is 5.32. The fourth-order valence-corrected chi connectivity index (χ4v) is 2.04. The van der Waals surface area contributed by atoms with Crippen LogP contribution >= 0.6 is 11.3 Å². The zero-order valence-electron chi connectivity index (χ0n) is 9.55. The molecule has 8 heteroatoms. The maximum Gasteiger partial charge on any atom is 0.326 e. The van der Waals surface area contributed by atoms with Crippen molar-refractivity contribution >= 4 is 28.3 Å². The number of amides is 1. The van der Waals surface area contributed by atoms with E-state index >= 15 is 0 Å². The third-order valence-corrected chi connectivity index (χ3v) is 3.27. The van der Waals surface area contributed by atoms with E-state index in [2.05, 4.69) is 15.6 Å². The second-order valence-electron chi connectivity index (χ2n) is 4.09. The van der Waals surface area contributed by atoms with E-state index in [-0.39, 0.29) is 18.1 Å². The molecule has 18 heavy (non-hydrogen) atoms. The lowest BCUT2D eigenvalue weighted by Crippen LogP contribution is -2.31. The first-order chi connectivity index (χ1) is 8.56. The van der Waals surface area contributed by atoms with Crippen molar-refractivity contribution in [3.8, 4) is 0 Å². The van der Waals surface area contributed by atoms with Gasteiger partial charge < -0.3 is 21.5 Å². The van der Waals surface area contributed by atoms with E-state index in [9.17, 15) is 9.59 Å². The molecular formula is C10H14N4O3S. The Morgan fingerprint density at radius 3 is 2.94 bits per heavy atom. The van der Waals surface area contributed by atoms with Gasteiger partial charge >= 0.3 is 5.97 Å². The third kappa shape index (κ3) is 3.41. The molecular weight excluding hydrogens is 256 g/mol. The average Bonchev–Trinajstić information content (AvgIpc) is 3.01. The SMILES string of the molecule is NC(C(=O)O)c1csc(NCC(=O)NC2CC2)n1. The summed E-state index contributed by atoms with van der Waals surface area (Å²) in [6, 6.07) is -0.802. The van der Waals surface area contributed by atoms with Crippen LogP contribution in [0.1, 0.15) is 24.6 Å². The molecule has 0 aromatic carbocycles. The van der Waals surface area contributed by atoms with Crippen molar-refractivity contribution in [2.24, 2.45) is 5.73 Å². The zero-order chi connectivity index (χ0) is 13.1. The largest absolute Gasteiger partial charge is 0.480 e. The summed E-state index contributed by atoms with van der Waals surface area (Å²) in [6.07, 6.45) is 2.08. The Morgan fingerprint density at radius 2 is 2.33 bits per heavy atom. The first-order valence-electron chi connectivity index (χ1n) is 5.53. The van der Waals surface area contributed by atoms with Crippen molar-refractivity contribution in [3.05, 3.63) is 11.1 Å². The molecule has 1 heterocycles.